The van der Waals surface area contributed by atoms with Gasteiger partial charge in [-0.3, -0.25) is 24.0 Å². The van der Waals surface area contributed by atoms with E-state index in [0.29, 0.717) is 72.0 Å². The van der Waals surface area contributed by atoms with Gasteiger partial charge >= 0.3 is 60.1 Å². The van der Waals surface area contributed by atoms with E-state index in [-0.39, 0.29) is 107 Å². The molecule has 3 heterocycles. The van der Waals surface area contributed by atoms with Crippen molar-refractivity contribution in [2.24, 2.45) is 0 Å². The number of amides is 2. The van der Waals surface area contributed by atoms with Crippen LogP contribution in [0.3, 0.4) is 0 Å². The Bertz CT molecular complexity index is 5020. The number of nitrogen functional groups attached to an aromatic ring is 1. The predicted octanol–water partition coefficient (Wildman–Crippen LogP) is 11.0. The number of phenols is 1. The second kappa shape index (κ2) is 39.5. The van der Waals surface area contributed by atoms with Crippen molar-refractivity contribution in [3.8, 4) is 17.2 Å². The summed E-state index contributed by atoms with van der Waals surface area (Å²) < 4.78 is 39.3. The summed E-state index contributed by atoms with van der Waals surface area (Å²) in [5.74, 6) is -2.07. The van der Waals surface area contributed by atoms with E-state index in [1.54, 1.807) is 92.7 Å². The average molecular weight is 1550 g/mol. The van der Waals surface area contributed by atoms with Crippen LogP contribution in [0.1, 0.15) is 176 Å². The van der Waals surface area contributed by atoms with Crippen LogP contribution >= 0.6 is 0 Å². The first-order valence-corrected chi connectivity index (χ1v) is 34.0. The van der Waals surface area contributed by atoms with E-state index in [1.807, 2.05) is 108 Å². The van der Waals surface area contributed by atoms with Crippen LogP contribution in [0.2, 0.25) is 0 Å². The van der Waals surface area contributed by atoms with Gasteiger partial charge in [-0.1, -0.05) is 148 Å². The zero-order valence-corrected chi connectivity index (χ0v) is 67.9. The van der Waals surface area contributed by atoms with Crippen molar-refractivity contribution in [2.75, 3.05) is 71.7 Å². The smallest absolute Gasteiger partial charge is 0.857 e. The van der Waals surface area contributed by atoms with Crippen LogP contribution in [0, 0.1) is 0 Å². The molecule has 10 N–H and O–H groups in total. The molecule has 9 rings (SSSR count). The molecule has 28 nitrogen and oxygen atoms in total. The number of carboxylic acids is 1. The number of aliphatic hydroxyl groups excluding tert-OH is 1. The molecular formula is C82H101N6NaO22. The number of para-hydroxylation sites is 3. The van der Waals surface area contributed by atoms with Gasteiger partial charge in [-0.2, -0.15) is 7.11 Å². The van der Waals surface area contributed by atoms with Crippen LogP contribution in [-0.2, 0) is 60.9 Å². The van der Waals surface area contributed by atoms with Gasteiger partial charge in [0.05, 0.1) is 35.0 Å². The Morgan fingerprint density at radius 2 is 0.757 bits per heavy atom. The fourth-order valence-corrected chi connectivity index (χ4v) is 11.1. The Hall–Kier alpha value is -11.0. The van der Waals surface area contributed by atoms with Gasteiger partial charge in [-0.15, -0.1) is 0 Å². The molecule has 0 bridgehead atoms. The quantitative estimate of drug-likeness (QED) is 0.0151. The number of carbonyl (C=O) groups excluding carboxylic acids is 6. The standard InChI is InChI=1S/C28H32N2O8.C24H28N2O4.C18H27NO6.C10H7NO3.CH3O.CH4.Na/c1-27(2,3)18-12-19(28(4,5)15-37-25(33)35-6)22(38-26(34)36-7)13-21(18)30-24(32)17-14-29-20-11-9-8-10-16(20)23(17)31;1-23(2,3)16-10-17(24(4,5)13-27)20(28)11-19(16)26-22(30)15-12-25-18-9-7-6-8-14(18)21(15)29;1-17(2,3)11-8-12(18(4,5)10-24-15(20)22-6)14(9-13(11)19)25-16(21)23-7;12-9-6-3-1-2-4-8(6)11-5-7(9)10(13)14;1-2;;/h8-14H,15H2,1-7H3,(H,29,31)(H,30,32);6-12,27-28H,13H2,1-5H3,(H,25,29)(H,26,30);8-9H,10,19H2,1-7H3;1-5H,(H,11,12)(H,13,14);1H3;1H4;/q;;;;-1;;+1. The number of anilines is 3. The van der Waals surface area contributed by atoms with E-state index in [0.717, 1.165) is 18.2 Å². The summed E-state index contributed by atoms with van der Waals surface area (Å²) in [6, 6.07) is 30.7. The minimum absolute atomic E-state index is 0. The van der Waals surface area contributed by atoms with E-state index in [9.17, 15) is 58.2 Å². The first-order chi connectivity index (χ1) is 50.8. The SMILES string of the molecule is C.CC(C)(C)c1cc(C(C)(C)CO)c(O)cc1NC(=O)c1c[nH]c2ccccc2c1=O.COC(=O)OCC(C)(C)c1cc(C(C)(C)C)c(N)cc1OC(=O)OC.COC(=O)OCC(C)(C)c1cc(C(C)(C)C)c(NC(=O)c2c[nH]c3ccccc3c2=O)cc1OC(=O)OC.C[O-].O=C(O)c1c[nH]c2ccccc2c1=O.[Na+]. The maximum atomic E-state index is 13.3. The number of benzene rings is 6. The summed E-state index contributed by atoms with van der Waals surface area (Å²) in [5, 5.41) is 44.1. The molecule has 0 radical (unpaired) electrons. The van der Waals surface area contributed by atoms with Crippen LogP contribution in [0.5, 0.6) is 17.2 Å². The van der Waals surface area contributed by atoms with E-state index in [4.69, 9.17) is 34.9 Å². The minimum atomic E-state index is -1.21. The van der Waals surface area contributed by atoms with E-state index >= 15 is 0 Å². The molecule has 0 unspecified atom stereocenters. The number of fused-ring (bicyclic) bond motifs is 3. The summed E-state index contributed by atoms with van der Waals surface area (Å²) in [5.41, 5.74) is 8.72. The van der Waals surface area contributed by atoms with Gasteiger partial charge in [0.1, 0.15) is 47.2 Å². The summed E-state index contributed by atoms with van der Waals surface area (Å²) >= 11 is 0. The van der Waals surface area contributed by atoms with Crippen molar-refractivity contribution >= 4 is 92.2 Å². The maximum absolute atomic E-state index is 13.3. The number of pyridine rings is 3. The van der Waals surface area contributed by atoms with Gasteiger partial charge in [0.15, 0.2) is 0 Å². The number of hydrogen-bond donors (Lipinski definition) is 9. The van der Waals surface area contributed by atoms with Gasteiger partial charge in [0.2, 0.25) is 16.3 Å². The third-order valence-electron chi connectivity index (χ3n) is 17.2. The van der Waals surface area contributed by atoms with Crippen LogP contribution < -0.4 is 76.8 Å². The van der Waals surface area contributed by atoms with Crippen molar-refractivity contribution in [1.82, 2.24) is 15.0 Å². The number of aromatic nitrogens is 3. The van der Waals surface area contributed by atoms with Crippen molar-refractivity contribution in [3.63, 3.8) is 0 Å². The van der Waals surface area contributed by atoms with Gasteiger partial charge in [0.25, 0.3) is 11.8 Å². The summed E-state index contributed by atoms with van der Waals surface area (Å²) in [7, 11) is 5.59. The van der Waals surface area contributed by atoms with Gasteiger partial charge in [-0.25, -0.2) is 24.0 Å². The third-order valence-corrected chi connectivity index (χ3v) is 17.2. The molecule has 0 aliphatic heterocycles. The molecule has 9 aromatic rings. The van der Waals surface area contributed by atoms with E-state index < -0.39 is 74.9 Å². The number of aromatic amines is 3. The Labute approximate surface area is 666 Å². The number of hydrogen-bond acceptors (Lipinski definition) is 22. The largest absolute Gasteiger partial charge is 1.00 e. The van der Waals surface area contributed by atoms with Crippen LogP contribution in [0.15, 0.2) is 142 Å². The summed E-state index contributed by atoms with van der Waals surface area (Å²) in [6.45, 7) is 28.7. The number of nitrogens with one attached hydrogen (secondary N) is 5. The number of aromatic carboxylic acids is 1. The number of carboxylic acid groups (broad SMARTS) is 1. The molecule has 0 saturated carbocycles. The first-order valence-electron chi connectivity index (χ1n) is 34.0. The number of ether oxygens (including phenoxy) is 8. The predicted molar refractivity (Wildman–Crippen MR) is 420 cm³/mol. The fraction of sp³-hybridized carbons (Fsp3) is 0.366. The Balaban J connectivity index is 0.000000395. The van der Waals surface area contributed by atoms with Crippen molar-refractivity contribution in [1.29, 1.82) is 0 Å². The number of phenolic OH excluding ortho intramolecular Hbond substituents is 1. The number of H-pyrrole nitrogens is 3. The van der Waals surface area contributed by atoms with Gasteiger partial charge in [-0.05, 0) is 87.5 Å². The Kier molecular flexibility index (Phi) is 33.5. The van der Waals surface area contributed by atoms with Crippen molar-refractivity contribution in [2.45, 2.75) is 144 Å². The molecule has 592 valence electrons. The number of nitrogens with two attached hydrogens (primary N) is 1. The van der Waals surface area contributed by atoms with Crippen LogP contribution in [-0.4, -0.2) is 128 Å². The number of aliphatic hydroxyl groups is 1. The summed E-state index contributed by atoms with van der Waals surface area (Å²) in [6.07, 6.45) is 0.525. The van der Waals surface area contributed by atoms with Gasteiger partial charge in [0, 0.05) is 119 Å². The topological polar surface area (TPSA) is 426 Å². The Morgan fingerprint density at radius 3 is 1.10 bits per heavy atom. The molecule has 3 aromatic heterocycles. The van der Waals surface area contributed by atoms with Gasteiger partial charge < -0.3 is 89.6 Å². The molecule has 0 atom stereocenters. The van der Waals surface area contributed by atoms with E-state index in [2.05, 4.69) is 44.5 Å². The average Bonchev–Trinajstić information content (AvgIpc) is 0.771. The molecule has 29 heteroatoms. The van der Waals surface area contributed by atoms with Crippen molar-refractivity contribution < 1.29 is 121 Å². The normalized spacial score (nSPS) is 11.2. The van der Waals surface area contributed by atoms with E-state index in [1.165, 1.54) is 59.2 Å². The summed E-state index contributed by atoms with van der Waals surface area (Å²) in [4.78, 5) is 130. The molecule has 2 amide bonds. The second-order valence-corrected chi connectivity index (χ2v) is 29.8. The molecule has 0 saturated heterocycles. The third kappa shape index (κ3) is 24.2. The Morgan fingerprint density at radius 1 is 0.441 bits per heavy atom. The maximum Gasteiger partial charge on any atom is 1.00 e. The second-order valence-electron chi connectivity index (χ2n) is 29.8. The molecule has 6 aromatic carbocycles. The monoisotopic (exact) mass is 1540 g/mol. The molecule has 111 heavy (non-hydrogen) atoms. The molecule has 0 aliphatic carbocycles. The number of rotatable bonds is 15. The molecular weight excluding hydrogens is 1440 g/mol. The van der Waals surface area contributed by atoms with Crippen molar-refractivity contribution in [3.05, 3.63) is 209 Å². The molecule has 0 aliphatic rings. The fourth-order valence-electron chi connectivity index (χ4n) is 11.1. The first kappa shape index (κ1) is 94.2. The van der Waals surface area contributed by atoms with Crippen LogP contribution in [0.4, 0.5) is 36.2 Å². The number of aromatic hydroxyl groups is 1. The number of carbonyl (C=O) groups is 7. The van der Waals surface area contributed by atoms with Crippen LogP contribution in [0.25, 0.3) is 32.7 Å². The minimum Gasteiger partial charge on any atom is -0.857 e. The number of methoxy groups -OCH3 is 4. The zero-order valence-electron chi connectivity index (χ0n) is 65.9. The molecule has 0 spiro atoms. The molecule has 0 fully saturated rings. The zero-order chi connectivity index (χ0) is 82.1.